The Kier molecular flexibility index (Phi) is 5.22. The van der Waals surface area contributed by atoms with Gasteiger partial charge in [0.2, 0.25) is 5.91 Å². The smallest absolute Gasteiger partial charge is 0.248 e. The number of carbonyl (C=O) groups excluding carboxylic acids is 1. The van der Waals surface area contributed by atoms with Crippen LogP contribution in [0.4, 0.5) is 0 Å². The molecular weight excluding hydrogens is 328 g/mol. The van der Waals surface area contributed by atoms with Crippen LogP contribution in [0, 0.1) is 0 Å². The molecule has 2 aliphatic rings. The lowest BCUT2D eigenvalue weighted by Gasteiger charge is -2.43. The minimum atomic E-state index is -3.08. The molecule has 0 N–H and O–H groups in total. The van der Waals surface area contributed by atoms with Gasteiger partial charge in [-0.15, -0.1) is 0 Å². The monoisotopic (exact) mass is 352 g/mol. The van der Waals surface area contributed by atoms with E-state index in [1.54, 1.807) is 4.90 Å². The highest BCUT2D eigenvalue weighted by Crippen LogP contribution is 2.26. The second-order valence-corrected chi connectivity index (χ2v) is 8.56. The van der Waals surface area contributed by atoms with Gasteiger partial charge < -0.3 is 9.64 Å². The van der Waals surface area contributed by atoms with E-state index < -0.39 is 9.84 Å². The van der Waals surface area contributed by atoms with Gasteiger partial charge in [-0.1, -0.05) is 37.3 Å². The summed E-state index contributed by atoms with van der Waals surface area (Å²) in [5, 5.41) is 0. The minimum absolute atomic E-state index is 0.00964. The van der Waals surface area contributed by atoms with Crippen LogP contribution in [0.15, 0.2) is 30.3 Å². The van der Waals surface area contributed by atoms with Crippen LogP contribution in [-0.2, 0) is 26.0 Å². The van der Waals surface area contributed by atoms with Crippen LogP contribution in [0.3, 0.4) is 0 Å². The third kappa shape index (κ3) is 3.79. The molecule has 0 spiro atoms. The molecule has 0 aliphatic carbocycles. The number of benzene rings is 1. The van der Waals surface area contributed by atoms with Crippen molar-refractivity contribution in [2.24, 2.45) is 0 Å². The summed E-state index contributed by atoms with van der Waals surface area (Å²) in [5.74, 6) is 0.104. The summed E-state index contributed by atoms with van der Waals surface area (Å²) in [6.45, 7) is 4.50. The molecule has 132 valence electrons. The van der Waals surface area contributed by atoms with Gasteiger partial charge in [-0.05, 0) is 12.1 Å². The number of amides is 1. The molecule has 0 saturated carbocycles. The Bertz CT molecular complexity index is 677. The zero-order valence-electron chi connectivity index (χ0n) is 13.9. The third-order valence-corrected chi connectivity index (χ3v) is 6.55. The quantitative estimate of drug-likeness (QED) is 0.773. The van der Waals surface area contributed by atoms with E-state index in [2.05, 4.69) is 4.90 Å². The number of hydrogen-bond donors (Lipinski definition) is 0. The van der Waals surface area contributed by atoms with Gasteiger partial charge in [0.15, 0.2) is 9.84 Å². The molecule has 0 aromatic heterocycles. The summed E-state index contributed by atoms with van der Waals surface area (Å²) >= 11 is 0. The first-order chi connectivity index (χ1) is 11.5. The van der Waals surface area contributed by atoms with Crippen LogP contribution in [0.2, 0.25) is 0 Å². The maximum absolute atomic E-state index is 12.5. The van der Waals surface area contributed by atoms with Crippen molar-refractivity contribution in [1.29, 1.82) is 0 Å². The van der Waals surface area contributed by atoms with Gasteiger partial charge in [-0.25, -0.2) is 8.42 Å². The second kappa shape index (κ2) is 7.21. The standard InChI is InChI=1S/C17H24N2O4S/c1-2-18-8-9-19(16-13-24(21,22)12-15(16)18)17(20)11-23-10-14-6-4-3-5-7-14/h3-7,15-16H,2,8-13H2,1H3/t15-,16+/m0/s1. The van der Waals surface area contributed by atoms with E-state index in [9.17, 15) is 13.2 Å². The average molecular weight is 352 g/mol. The van der Waals surface area contributed by atoms with Gasteiger partial charge in [-0.2, -0.15) is 0 Å². The van der Waals surface area contributed by atoms with Crippen molar-refractivity contribution < 1.29 is 17.9 Å². The normalized spacial score (nSPS) is 26.3. The van der Waals surface area contributed by atoms with E-state index in [4.69, 9.17) is 4.74 Å². The first-order valence-corrected chi connectivity index (χ1v) is 10.2. The minimum Gasteiger partial charge on any atom is -0.367 e. The zero-order valence-corrected chi connectivity index (χ0v) is 14.7. The van der Waals surface area contributed by atoms with Crippen molar-refractivity contribution >= 4 is 15.7 Å². The number of nitrogens with zero attached hydrogens (tertiary/aromatic N) is 2. The van der Waals surface area contributed by atoms with E-state index >= 15 is 0 Å². The fraction of sp³-hybridized carbons (Fsp3) is 0.588. The number of ether oxygens (including phenoxy) is 1. The van der Waals surface area contributed by atoms with Crippen LogP contribution in [0.5, 0.6) is 0 Å². The fourth-order valence-electron chi connectivity index (χ4n) is 3.64. The van der Waals surface area contributed by atoms with E-state index in [-0.39, 0.29) is 36.1 Å². The molecule has 0 radical (unpaired) electrons. The molecule has 2 heterocycles. The zero-order chi connectivity index (χ0) is 17.2. The predicted molar refractivity (Wildman–Crippen MR) is 91.3 cm³/mol. The Morgan fingerprint density at radius 1 is 1.17 bits per heavy atom. The van der Waals surface area contributed by atoms with Crippen LogP contribution in [0.1, 0.15) is 12.5 Å². The highest BCUT2D eigenvalue weighted by atomic mass is 32.2. The maximum atomic E-state index is 12.5. The lowest BCUT2D eigenvalue weighted by molar-refractivity contribution is -0.142. The first kappa shape index (κ1) is 17.4. The largest absolute Gasteiger partial charge is 0.367 e. The number of sulfone groups is 1. The molecule has 2 saturated heterocycles. The number of likely N-dealkylation sites (N-methyl/N-ethyl adjacent to an activating group) is 1. The number of piperazine rings is 1. The van der Waals surface area contributed by atoms with Crippen molar-refractivity contribution in [3.63, 3.8) is 0 Å². The molecule has 7 heteroatoms. The van der Waals surface area contributed by atoms with Crippen LogP contribution < -0.4 is 0 Å². The van der Waals surface area contributed by atoms with E-state index in [1.807, 2.05) is 37.3 Å². The van der Waals surface area contributed by atoms with Crippen molar-refractivity contribution in [2.45, 2.75) is 25.6 Å². The summed E-state index contributed by atoms with van der Waals surface area (Å²) in [6, 6.07) is 9.37. The number of carbonyl (C=O) groups is 1. The number of fused-ring (bicyclic) bond motifs is 1. The van der Waals surface area contributed by atoms with Gasteiger partial charge in [0.25, 0.3) is 0 Å². The molecule has 2 aliphatic heterocycles. The maximum Gasteiger partial charge on any atom is 0.248 e. The number of rotatable bonds is 5. The van der Waals surface area contributed by atoms with Gasteiger partial charge in [-0.3, -0.25) is 9.69 Å². The lowest BCUT2D eigenvalue weighted by atomic mass is 10.0. The van der Waals surface area contributed by atoms with Gasteiger partial charge in [0.05, 0.1) is 24.2 Å². The summed E-state index contributed by atoms with van der Waals surface area (Å²) in [7, 11) is -3.08. The van der Waals surface area contributed by atoms with Gasteiger partial charge in [0, 0.05) is 19.1 Å². The highest BCUT2D eigenvalue weighted by Gasteiger charge is 2.47. The average Bonchev–Trinajstić information content (AvgIpc) is 2.89. The van der Waals surface area contributed by atoms with E-state index in [0.717, 1.165) is 18.7 Å². The third-order valence-electron chi connectivity index (χ3n) is 4.85. The number of hydrogen-bond acceptors (Lipinski definition) is 5. The Balaban J connectivity index is 1.60. The lowest BCUT2D eigenvalue weighted by Crippen LogP contribution is -2.61. The molecule has 1 aromatic carbocycles. The molecule has 24 heavy (non-hydrogen) atoms. The van der Waals surface area contributed by atoms with E-state index in [0.29, 0.717) is 13.2 Å². The molecule has 1 aromatic rings. The Hall–Kier alpha value is -1.44. The van der Waals surface area contributed by atoms with E-state index in [1.165, 1.54) is 0 Å². The SMILES string of the molecule is CCN1CCN(C(=O)COCc2ccccc2)[C@@H]2CS(=O)(=O)C[C@@H]21. The van der Waals surface area contributed by atoms with Crippen LogP contribution in [-0.4, -0.2) is 74.0 Å². The Labute approximate surface area is 143 Å². The molecule has 1 amide bonds. The van der Waals surface area contributed by atoms with Crippen molar-refractivity contribution in [1.82, 2.24) is 9.80 Å². The van der Waals surface area contributed by atoms with Gasteiger partial charge in [0.1, 0.15) is 6.61 Å². The molecule has 0 bridgehead atoms. The summed E-state index contributed by atoms with van der Waals surface area (Å²) < 4.78 is 29.6. The molecule has 0 unspecified atom stereocenters. The van der Waals surface area contributed by atoms with Crippen molar-refractivity contribution in [3.05, 3.63) is 35.9 Å². The first-order valence-electron chi connectivity index (χ1n) is 8.36. The van der Waals surface area contributed by atoms with Crippen molar-refractivity contribution in [2.75, 3.05) is 37.7 Å². The van der Waals surface area contributed by atoms with Crippen molar-refractivity contribution in [3.8, 4) is 0 Å². The molecular formula is C17H24N2O4S. The highest BCUT2D eigenvalue weighted by molar-refractivity contribution is 7.91. The summed E-state index contributed by atoms with van der Waals surface area (Å²) in [5.41, 5.74) is 1.02. The van der Waals surface area contributed by atoms with Crippen LogP contribution >= 0.6 is 0 Å². The fourth-order valence-corrected chi connectivity index (χ4v) is 5.65. The Morgan fingerprint density at radius 3 is 2.58 bits per heavy atom. The summed E-state index contributed by atoms with van der Waals surface area (Å²) in [4.78, 5) is 16.4. The Morgan fingerprint density at radius 2 is 1.88 bits per heavy atom. The van der Waals surface area contributed by atoms with Crippen LogP contribution in [0.25, 0.3) is 0 Å². The molecule has 2 fully saturated rings. The molecule has 6 nitrogen and oxygen atoms in total. The predicted octanol–water partition coefficient (Wildman–Crippen LogP) is 0.533. The second-order valence-electron chi connectivity index (χ2n) is 6.41. The molecule has 2 atom stereocenters. The summed E-state index contributed by atoms with van der Waals surface area (Å²) in [6.07, 6.45) is 0. The topological polar surface area (TPSA) is 66.9 Å². The molecule has 3 rings (SSSR count). The van der Waals surface area contributed by atoms with Gasteiger partial charge >= 0.3 is 0 Å².